The van der Waals surface area contributed by atoms with Crippen LogP contribution in [0.25, 0.3) is 21.5 Å². The first-order valence-corrected chi connectivity index (χ1v) is 13.8. The minimum absolute atomic E-state index is 0.0827. The summed E-state index contributed by atoms with van der Waals surface area (Å²) in [7, 11) is 1.61. The molecule has 1 saturated carbocycles. The molecule has 1 N–H and O–H groups in total. The Kier molecular flexibility index (Phi) is 4.17. The highest BCUT2D eigenvalue weighted by Gasteiger charge is 2.92. The minimum atomic E-state index is -1.40. The molecule has 1 aliphatic carbocycles. The van der Waals surface area contributed by atoms with Gasteiger partial charge in [-0.25, -0.2) is 4.58 Å². The van der Waals surface area contributed by atoms with Gasteiger partial charge in [0.2, 0.25) is 17.9 Å². The van der Waals surface area contributed by atoms with E-state index in [1.807, 2.05) is 6.34 Å². The number of aliphatic hydroxyl groups is 1. The summed E-state index contributed by atoms with van der Waals surface area (Å²) in [5.74, 6) is -0.497. The summed E-state index contributed by atoms with van der Waals surface area (Å²) in [5, 5.41) is 16.8. The molecule has 0 spiro atoms. The number of methoxy groups -OCH3 is 1. The summed E-state index contributed by atoms with van der Waals surface area (Å²) in [5.41, 5.74) is 4.16. The molecule has 4 aromatic carbocycles. The van der Waals surface area contributed by atoms with Crippen LogP contribution in [0.5, 0.6) is 5.75 Å². The Balaban J connectivity index is 1.47. The second-order valence-corrected chi connectivity index (χ2v) is 12.9. The summed E-state index contributed by atoms with van der Waals surface area (Å²) < 4.78 is 15.1. The molecular formula is C34H33N2O3+. The molecule has 1 fully saturated rings. The van der Waals surface area contributed by atoms with Crippen LogP contribution in [0.2, 0.25) is 0 Å². The lowest BCUT2D eigenvalue weighted by Gasteiger charge is -2.34. The van der Waals surface area contributed by atoms with Crippen LogP contribution in [0, 0.1) is 0 Å². The van der Waals surface area contributed by atoms with E-state index in [0.717, 1.165) is 44.3 Å². The lowest BCUT2D eigenvalue weighted by molar-refractivity contribution is -0.491. The number of aliphatic imine (C=N–C) groups is 1. The number of rotatable bonds is 1. The molecule has 4 aliphatic rings. The van der Waals surface area contributed by atoms with Crippen molar-refractivity contribution >= 4 is 33.6 Å². The van der Waals surface area contributed by atoms with Gasteiger partial charge in [-0.2, -0.15) is 0 Å². The van der Waals surface area contributed by atoms with Crippen molar-refractivity contribution in [2.45, 2.75) is 68.9 Å². The van der Waals surface area contributed by atoms with Crippen LogP contribution in [0.3, 0.4) is 0 Å². The third kappa shape index (κ3) is 2.42. The minimum Gasteiger partial charge on any atom is -0.476 e. The van der Waals surface area contributed by atoms with Gasteiger partial charge in [0.25, 0.3) is 6.34 Å². The van der Waals surface area contributed by atoms with Crippen LogP contribution in [0.15, 0.2) is 71.7 Å². The molecule has 5 heteroatoms. The van der Waals surface area contributed by atoms with Crippen molar-refractivity contribution in [1.29, 1.82) is 0 Å². The molecule has 8 rings (SSSR count). The molecule has 3 aliphatic heterocycles. The molecule has 39 heavy (non-hydrogen) atoms. The summed E-state index contributed by atoms with van der Waals surface area (Å²) >= 11 is 0. The largest absolute Gasteiger partial charge is 0.476 e. The van der Waals surface area contributed by atoms with Crippen molar-refractivity contribution in [2.24, 2.45) is 4.99 Å². The Morgan fingerprint density at radius 2 is 1.64 bits per heavy atom. The Morgan fingerprint density at radius 3 is 2.36 bits per heavy atom. The fraction of sp³-hybridized carbons (Fsp3) is 0.353. The molecule has 0 bridgehead atoms. The van der Waals surface area contributed by atoms with Crippen molar-refractivity contribution in [3.8, 4) is 5.75 Å². The molecule has 0 aromatic heterocycles. The molecule has 0 amide bonds. The number of fused-ring (bicyclic) bond motifs is 13. The Morgan fingerprint density at radius 1 is 0.949 bits per heavy atom. The Bertz CT molecular complexity index is 1830. The summed E-state index contributed by atoms with van der Waals surface area (Å²) in [6.07, 6.45) is 1.61. The van der Waals surface area contributed by atoms with E-state index in [1.165, 1.54) is 10.9 Å². The van der Waals surface area contributed by atoms with E-state index in [9.17, 15) is 5.11 Å². The van der Waals surface area contributed by atoms with Gasteiger partial charge in [-0.05, 0) is 52.6 Å². The van der Waals surface area contributed by atoms with Gasteiger partial charge in [0, 0.05) is 23.6 Å². The number of hydrogen-bond acceptors (Lipinski definition) is 4. The van der Waals surface area contributed by atoms with Gasteiger partial charge < -0.3 is 14.6 Å². The van der Waals surface area contributed by atoms with Crippen LogP contribution in [0.1, 0.15) is 62.9 Å². The number of benzene rings is 4. The monoisotopic (exact) mass is 517 g/mol. The smallest absolute Gasteiger partial charge is 0.282 e. The van der Waals surface area contributed by atoms with Crippen molar-refractivity contribution in [2.75, 3.05) is 7.11 Å². The number of nitrogens with zero attached hydrogens (tertiary/aromatic N) is 2. The van der Waals surface area contributed by atoms with E-state index >= 15 is 0 Å². The fourth-order valence-electron chi connectivity index (χ4n) is 8.10. The number of ether oxygens (including phenoxy) is 2. The van der Waals surface area contributed by atoms with E-state index in [2.05, 4.69) is 106 Å². The standard InChI is InChI=1S/C34H33N2O3/c1-31(2,3)25-17-24-26(22-14-10-9-13-21(22)25)32(4)33(5,34(32,37)38-6)36-18-35-27-23-16-15-19-11-7-8-12-20(19)29(23)39-30(27)28(24)36/h7-18,27,30,37H,1-6H3/q+1. The highest BCUT2D eigenvalue weighted by atomic mass is 16.6. The van der Waals surface area contributed by atoms with Gasteiger partial charge in [-0.3, -0.25) is 0 Å². The molecule has 4 aromatic rings. The van der Waals surface area contributed by atoms with Gasteiger partial charge in [0.15, 0.2) is 11.3 Å². The van der Waals surface area contributed by atoms with E-state index in [0.29, 0.717) is 0 Å². The highest BCUT2D eigenvalue weighted by Crippen LogP contribution is 2.71. The second kappa shape index (κ2) is 6.96. The Labute approximate surface area is 228 Å². The first kappa shape index (κ1) is 23.4. The van der Waals surface area contributed by atoms with Crippen LogP contribution >= 0.6 is 0 Å². The lowest BCUT2D eigenvalue weighted by Crippen LogP contribution is -2.50. The number of hydrogen-bond donors (Lipinski definition) is 1. The summed E-state index contributed by atoms with van der Waals surface area (Å²) in [6, 6.07) is 23.5. The molecule has 0 radical (unpaired) electrons. The average molecular weight is 518 g/mol. The van der Waals surface area contributed by atoms with Crippen LogP contribution < -0.4 is 4.74 Å². The van der Waals surface area contributed by atoms with E-state index in [1.54, 1.807) is 7.11 Å². The van der Waals surface area contributed by atoms with Gasteiger partial charge in [0.1, 0.15) is 11.2 Å². The van der Waals surface area contributed by atoms with Crippen molar-refractivity contribution < 1.29 is 19.2 Å². The molecular weight excluding hydrogens is 484 g/mol. The fourth-order valence-corrected chi connectivity index (χ4v) is 8.10. The van der Waals surface area contributed by atoms with Crippen molar-refractivity contribution in [3.63, 3.8) is 0 Å². The summed E-state index contributed by atoms with van der Waals surface area (Å²) in [6.45, 7) is 11.0. The molecule has 5 unspecified atom stereocenters. The van der Waals surface area contributed by atoms with Gasteiger partial charge in [-0.1, -0.05) is 86.4 Å². The SMILES string of the molecule is COC1(O)C2(C)c3c(cc(C(C)(C)C)c4ccccc34)C3=[N+](C=NC4c5ccc6ccccc6c5OC34)C12C. The predicted molar refractivity (Wildman–Crippen MR) is 154 cm³/mol. The van der Waals surface area contributed by atoms with Crippen LogP contribution in [-0.2, 0) is 15.6 Å². The van der Waals surface area contributed by atoms with Crippen LogP contribution in [-0.4, -0.2) is 46.3 Å². The van der Waals surface area contributed by atoms with Gasteiger partial charge in [-0.15, -0.1) is 0 Å². The Hall–Kier alpha value is -3.54. The normalized spacial score (nSPS) is 31.9. The van der Waals surface area contributed by atoms with Crippen molar-refractivity contribution in [1.82, 2.24) is 0 Å². The zero-order valence-electron chi connectivity index (χ0n) is 23.2. The van der Waals surface area contributed by atoms with E-state index < -0.39 is 16.7 Å². The van der Waals surface area contributed by atoms with E-state index in [4.69, 9.17) is 14.5 Å². The molecule has 0 saturated heterocycles. The van der Waals surface area contributed by atoms with Crippen LogP contribution in [0.4, 0.5) is 0 Å². The molecule has 196 valence electrons. The maximum atomic E-state index is 12.2. The third-order valence-corrected chi connectivity index (χ3v) is 10.3. The second-order valence-electron chi connectivity index (χ2n) is 12.9. The zero-order chi connectivity index (χ0) is 27.1. The maximum absolute atomic E-state index is 12.2. The maximum Gasteiger partial charge on any atom is 0.282 e. The zero-order valence-corrected chi connectivity index (χ0v) is 23.2. The average Bonchev–Trinajstić information content (AvgIpc) is 3.17. The first-order chi connectivity index (χ1) is 18.6. The highest BCUT2D eigenvalue weighted by molar-refractivity contribution is 6.12. The molecule has 5 nitrogen and oxygen atoms in total. The van der Waals surface area contributed by atoms with Gasteiger partial charge in [0.05, 0.1) is 0 Å². The van der Waals surface area contributed by atoms with E-state index in [-0.39, 0.29) is 17.6 Å². The molecule has 5 atom stereocenters. The third-order valence-electron chi connectivity index (χ3n) is 10.3. The van der Waals surface area contributed by atoms with Crippen molar-refractivity contribution in [3.05, 3.63) is 89.0 Å². The summed E-state index contributed by atoms with van der Waals surface area (Å²) in [4.78, 5) is 5.07. The first-order valence-electron chi connectivity index (χ1n) is 13.8. The van der Waals surface area contributed by atoms with Gasteiger partial charge >= 0.3 is 0 Å². The predicted octanol–water partition coefficient (Wildman–Crippen LogP) is 6.01. The lowest BCUT2D eigenvalue weighted by atomic mass is 9.74. The molecule has 3 heterocycles. The quantitative estimate of drug-likeness (QED) is 0.248. The topological polar surface area (TPSA) is 54.1 Å².